The molecule has 0 atom stereocenters. The Labute approximate surface area is 494 Å². The number of aromatic nitrogens is 2. The van der Waals surface area contributed by atoms with Gasteiger partial charge in [-0.25, -0.2) is 9.59 Å². The van der Waals surface area contributed by atoms with Crippen LogP contribution in [0.15, 0.2) is 243 Å². The first-order valence-electron chi connectivity index (χ1n) is 26.2. The molecule has 0 spiro atoms. The van der Waals surface area contributed by atoms with Crippen LogP contribution >= 0.6 is 23.7 Å². The Bertz CT molecular complexity index is 3810. The predicted molar refractivity (Wildman–Crippen MR) is 329 cm³/mol. The van der Waals surface area contributed by atoms with E-state index in [4.69, 9.17) is 24.2 Å². The standard InChI is InChI=1S/C39H32OP2.C28H20N2O4.Cu.F6P/c1-39(2)33-25-15-27-35(41(29-17-7-3-8-18-29)30-19-9-4-10-20-30)37(33)40-38-34(39)26-16-28-36(38)42(31-21-11-5-12-22-31)32-23-13-6-14-24-32;1-33-27(31)19-7-3-17(4-8-19)23-13-21-11-12-22-14-24(16-30-26(22)25(21)29-15-23)18-5-9-20(10-6-18)28(32)34-2;;1-7(2,3,4,5)6/h3-28H,1-2H3;3-16H,1-2H3;;/q;;+1;-1/p+2. The first-order valence-corrected chi connectivity index (χ1v) is 31.2. The maximum Gasteiger partial charge on any atom is 1.00 e. The van der Waals surface area contributed by atoms with E-state index < -0.39 is 23.7 Å². The third kappa shape index (κ3) is 14.1. The van der Waals surface area contributed by atoms with Crippen LogP contribution in [-0.2, 0) is 32.0 Å². The molecule has 11 aromatic rings. The van der Waals surface area contributed by atoms with E-state index in [2.05, 4.69) is 184 Å². The zero-order valence-corrected chi connectivity index (χ0v) is 49.4. The maximum absolute atomic E-state index is 11.7. The number of esters is 2. The van der Waals surface area contributed by atoms with Gasteiger partial charge in [0.25, 0.3) is 0 Å². The molecule has 1 aliphatic rings. The summed E-state index contributed by atoms with van der Waals surface area (Å²) in [6.07, 6.45) is 3.63. The van der Waals surface area contributed by atoms with Crippen LogP contribution in [0.5, 0.6) is 11.5 Å². The SMILES string of the molecule is CC1(C)c2cccc([PH+](c3ccccc3)c3ccccc3)c2Oc2c([PH+](c3ccccc3)c3ccccc3)cccc21.COC(=O)c1ccc(-c2cnc3c(ccc4cc(-c5ccc(C(=O)OC)cc5)cnc43)c2)cc1.F[P-](F)(F)(F)(F)F.[Cu+]. The number of carbonyl (C=O) groups excluding carboxylic acids is 2. The molecular weight excluding hydrogens is 1180 g/mol. The van der Waals surface area contributed by atoms with Crippen molar-refractivity contribution in [1.82, 2.24) is 9.97 Å². The maximum atomic E-state index is 11.7. The summed E-state index contributed by atoms with van der Waals surface area (Å²) in [5, 5.41) is 10.0. The van der Waals surface area contributed by atoms with Crippen LogP contribution in [0.1, 0.15) is 45.7 Å². The summed E-state index contributed by atoms with van der Waals surface area (Å²) in [6.45, 7) is 4.71. The van der Waals surface area contributed by atoms with E-state index in [1.165, 1.54) is 57.2 Å². The third-order valence-electron chi connectivity index (χ3n) is 14.1. The molecule has 0 amide bonds. The smallest absolute Gasteiger partial charge is 1.00 e. The molecular formula is C67H54CuF6N2O5P3+2. The van der Waals surface area contributed by atoms with E-state index in [1.807, 2.05) is 48.8 Å². The molecule has 0 saturated carbocycles. The molecule has 3 heterocycles. The molecule has 17 heteroatoms. The molecule has 428 valence electrons. The van der Waals surface area contributed by atoms with Gasteiger partial charge in [0.1, 0.15) is 47.7 Å². The van der Waals surface area contributed by atoms with Gasteiger partial charge < -0.3 is 14.2 Å². The summed E-state index contributed by atoms with van der Waals surface area (Å²) in [5.41, 5.74) is 8.77. The molecule has 0 radical (unpaired) electrons. The largest absolute Gasteiger partial charge is 1.00 e. The number of nitrogens with zero attached hydrogens (tertiary/aromatic N) is 2. The van der Waals surface area contributed by atoms with E-state index in [0.717, 1.165) is 55.6 Å². The van der Waals surface area contributed by atoms with Gasteiger partial charge >= 0.3 is 62.0 Å². The van der Waals surface area contributed by atoms with E-state index in [1.54, 1.807) is 24.3 Å². The van der Waals surface area contributed by atoms with Crippen LogP contribution in [0.2, 0.25) is 0 Å². The Morgan fingerprint density at radius 2 is 0.738 bits per heavy atom. The van der Waals surface area contributed by atoms with Crippen molar-refractivity contribution in [2.24, 2.45) is 0 Å². The Kier molecular flexibility index (Phi) is 17.5. The number of para-hydroxylation sites is 2. The van der Waals surface area contributed by atoms with Crippen molar-refractivity contribution < 1.29 is 66.0 Å². The number of hydrogen-bond donors (Lipinski definition) is 0. The average molecular weight is 1240 g/mol. The van der Waals surface area contributed by atoms with Crippen LogP contribution in [0, 0.1) is 0 Å². The second-order valence-corrected chi connectivity index (χ2v) is 26.9. The number of halogens is 6. The van der Waals surface area contributed by atoms with E-state index in [-0.39, 0.29) is 34.4 Å². The summed E-state index contributed by atoms with van der Waals surface area (Å²) in [5.74, 6) is 1.34. The Morgan fingerprint density at radius 3 is 1.04 bits per heavy atom. The minimum absolute atomic E-state index is 0. The minimum atomic E-state index is -10.7. The van der Waals surface area contributed by atoms with Crippen molar-refractivity contribution in [1.29, 1.82) is 0 Å². The summed E-state index contributed by atoms with van der Waals surface area (Å²) >= 11 is 0. The fourth-order valence-corrected chi connectivity index (χ4v) is 15.6. The fourth-order valence-electron chi connectivity index (χ4n) is 10.2. The van der Waals surface area contributed by atoms with Gasteiger partial charge in [-0.05, 0) is 108 Å². The number of pyridine rings is 2. The zero-order chi connectivity index (χ0) is 58.6. The van der Waals surface area contributed by atoms with Crippen LogP contribution in [0.25, 0.3) is 44.1 Å². The van der Waals surface area contributed by atoms with Gasteiger partial charge in [0.05, 0.1) is 36.4 Å². The van der Waals surface area contributed by atoms with Gasteiger partial charge in [-0.3, -0.25) is 9.97 Å². The van der Waals surface area contributed by atoms with Crippen LogP contribution in [0.4, 0.5) is 25.2 Å². The first-order chi connectivity index (χ1) is 39.6. The Balaban J connectivity index is 0.000000182. The molecule has 9 aromatic carbocycles. The van der Waals surface area contributed by atoms with Crippen LogP contribution in [0.3, 0.4) is 0 Å². The van der Waals surface area contributed by atoms with Crippen molar-refractivity contribution in [2.75, 3.05) is 14.2 Å². The summed E-state index contributed by atoms with van der Waals surface area (Å²) in [7, 11) is -10.6. The van der Waals surface area contributed by atoms with Crippen molar-refractivity contribution in [2.45, 2.75) is 19.3 Å². The second-order valence-electron chi connectivity index (χ2n) is 20.1. The molecule has 12 rings (SSSR count). The number of rotatable bonds is 10. The van der Waals surface area contributed by atoms with Gasteiger partial charge in [-0.15, -0.1) is 0 Å². The van der Waals surface area contributed by atoms with Crippen LogP contribution in [-0.4, -0.2) is 36.1 Å². The number of methoxy groups -OCH3 is 2. The van der Waals surface area contributed by atoms with Crippen molar-refractivity contribution in [3.8, 4) is 33.8 Å². The fraction of sp³-hybridized carbons (Fsp3) is 0.0746. The normalized spacial score (nSPS) is 13.0. The minimum Gasteiger partial charge on any atom is 1.00 e. The summed E-state index contributed by atoms with van der Waals surface area (Å²) in [6, 6.07) is 80.2. The molecule has 0 bridgehead atoms. The molecule has 0 fully saturated rings. The van der Waals surface area contributed by atoms with Crippen molar-refractivity contribution >= 4 is 89.2 Å². The average Bonchev–Trinajstić information content (AvgIpc) is 2.23. The Hall–Kier alpha value is -8.07. The van der Waals surface area contributed by atoms with E-state index in [0.29, 0.717) is 11.1 Å². The van der Waals surface area contributed by atoms with Gasteiger partial charge in [-0.1, -0.05) is 147 Å². The van der Waals surface area contributed by atoms with E-state index in [9.17, 15) is 34.8 Å². The van der Waals surface area contributed by atoms with E-state index >= 15 is 0 Å². The molecule has 0 aliphatic carbocycles. The molecule has 0 N–H and O–H groups in total. The number of benzene rings is 9. The molecule has 0 unspecified atom stereocenters. The number of fused-ring (bicyclic) bond motifs is 5. The summed E-state index contributed by atoms with van der Waals surface area (Å²) < 4.78 is 76.0. The first kappa shape index (κ1) is 60.5. The van der Waals surface area contributed by atoms with Gasteiger partial charge in [0.2, 0.25) is 0 Å². The topological polar surface area (TPSA) is 87.6 Å². The zero-order valence-electron chi connectivity index (χ0n) is 45.5. The quantitative estimate of drug-likeness (QED) is 0.0443. The van der Waals surface area contributed by atoms with Crippen molar-refractivity contribution in [3.63, 3.8) is 0 Å². The predicted octanol–water partition coefficient (Wildman–Crippen LogP) is 16.2. The molecule has 2 aromatic heterocycles. The molecule has 84 heavy (non-hydrogen) atoms. The number of carbonyl (C=O) groups is 2. The molecule has 1 aliphatic heterocycles. The monoisotopic (exact) mass is 1240 g/mol. The summed E-state index contributed by atoms with van der Waals surface area (Å²) in [4.78, 5) is 32.7. The Morgan fingerprint density at radius 1 is 0.429 bits per heavy atom. The van der Waals surface area contributed by atoms with Gasteiger partial charge in [0.15, 0.2) is 11.5 Å². The molecule has 0 saturated heterocycles. The van der Waals surface area contributed by atoms with Crippen LogP contribution < -0.4 is 36.6 Å². The third-order valence-corrected chi connectivity index (χ3v) is 19.7. The second kappa shape index (κ2) is 24.3. The van der Waals surface area contributed by atoms with Crippen molar-refractivity contribution in [3.05, 3.63) is 265 Å². The number of ether oxygens (including phenoxy) is 3. The van der Waals surface area contributed by atoms with Gasteiger partial charge in [0, 0.05) is 50.8 Å². The number of hydrogen-bond acceptors (Lipinski definition) is 7. The van der Waals surface area contributed by atoms with Gasteiger partial charge in [-0.2, -0.15) is 0 Å². The molecule has 7 nitrogen and oxygen atoms in total.